The Labute approximate surface area is 657 Å². The van der Waals surface area contributed by atoms with Crippen LogP contribution in [0.25, 0.3) is 152 Å². The second-order valence-corrected chi connectivity index (χ2v) is 32.5. The van der Waals surface area contributed by atoms with Gasteiger partial charge in [-0.1, -0.05) is 386 Å². The molecule has 0 atom stereocenters. The lowest BCUT2D eigenvalue weighted by molar-refractivity contribution is 0.590. The van der Waals surface area contributed by atoms with Gasteiger partial charge in [-0.3, -0.25) is 0 Å². The van der Waals surface area contributed by atoms with Crippen LogP contribution < -0.4 is 0 Å². The molecule has 19 rings (SSSR count). The summed E-state index contributed by atoms with van der Waals surface area (Å²) < 4.78 is 0. The quantitative estimate of drug-likeness (QED) is 0.154. The second-order valence-electron chi connectivity index (χ2n) is 32.5. The van der Waals surface area contributed by atoms with Crippen LogP contribution in [0.15, 0.2) is 334 Å². The van der Waals surface area contributed by atoms with E-state index < -0.39 is 0 Å². The van der Waals surface area contributed by atoms with Gasteiger partial charge in [0.1, 0.15) is 0 Å². The molecule has 544 valence electrons. The summed E-state index contributed by atoms with van der Waals surface area (Å²) in [5.74, 6) is 0. The van der Waals surface area contributed by atoms with Crippen molar-refractivity contribution in [1.29, 1.82) is 0 Å². The summed E-state index contributed by atoms with van der Waals surface area (Å²) in [6, 6.07) is 121. The number of rotatable bonds is 4. The molecule has 0 fully saturated rings. The predicted molar refractivity (Wildman–Crippen MR) is 489 cm³/mol. The van der Waals surface area contributed by atoms with Crippen molar-refractivity contribution in [3.8, 4) is 44.5 Å². The van der Waals surface area contributed by atoms with Crippen LogP contribution >= 0.6 is 0 Å². The van der Waals surface area contributed by atoms with Gasteiger partial charge in [0.05, 0.1) is 0 Å². The molecule has 0 N–H and O–H groups in total. The summed E-state index contributed by atoms with van der Waals surface area (Å²) in [6.07, 6.45) is 0. The first kappa shape index (κ1) is 74.3. The van der Waals surface area contributed by atoms with Gasteiger partial charge in [0.25, 0.3) is 0 Å². The molecule has 111 heavy (non-hydrogen) atoms. The normalized spacial score (nSPS) is 11.6. The number of hydrogen-bond acceptors (Lipinski definition) is 0. The lowest BCUT2D eigenvalue weighted by atomic mass is 9.79. The van der Waals surface area contributed by atoms with Gasteiger partial charge in [-0.2, -0.15) is 0 Å². The van der Waals surface area contributed by atoms with Crippen LogP contribution in [0.5, 0.6) is 0 Å². The third-order valence-corrected chi connectivity index (χ3v) is 23.1. The van der Waals surface area contributed by atoms with Crippen LogP contribution in [0.1, 0.15) is 103 Å². The van der Waals surface area contributed by atoms with Gasteiger partial charge < -0.3 is 0 Å². The van der Waals surface area contributed by atoms with E-state index in [1.165, 1.54) is 213 Å². The van der Waals surface area contributed by atoms with Crippen LogP contribution in [-0.2, 0) is 10.8 Å². The molecule has 0 nitrogen and oxygen atoms in total. The highest BCUT2D eigenvalue weighted by Crippen LogP contribution is 2.46. The van der Waals surface area contributed by atoms with Gasteiger partial charge in [0.15, 0.2) is 0 Å². The van der Waals surface area contributed by atoms with Crippen LogP contribution in [0, 0.1) is 62.3 Å². The molecule has 0 heterocycles. The van der Waals surface area contributed by atoms with Crippen LogP contribution in [0.4, 0.5) is 0 Å². The largest absolute Gasteiger partial charge is 0.0622 e. The minimum atomic E-state index is 0.146. The third-order valence-electron chi connectivity index (χ3n) is 23.1. The summed E-state index contributed by atoms with van der Waals surface area (Å²) in [7, 11) is 0. The van der Waals surface area contributed by atoms with Crippen molar-refractivity contribution < 1.29 is 0 Å². The molecule has 0 heteroatoms. The molecular formula is C111H100. The van der Waals surface area contributed by atoms with Gasteiger partial charge in [0.2, 0.25) is 0 Å². The van der Waals surface area contributed by atoms with E-state index in [1.54, 1.807) is 0 Å². The molecule has 19 aromatic rings. The van der Waals surface area contributed by atoms with Gasteiger partial charge in [0, 0.05) is 0 Å². The van der Waals surface area contributed by atoms with Crippen LogP contribution in [-0.4, -0.2) is 0 Å². The Balaban J connectivity index is 0.000000110. The minimum absolute atomic E-state index is 0.146. The number of hydrogen-bond donors (Lipinski definition) is 0. The monoisotopic (exact) mass is 1430 g/mol. The van der Waals surface area contributed by atoms with E-state index in [2.05, 4.69) is 438 Å². The van der Waals surface area contributed by atoms with Gasteiger partial charge in [-0.15, -0.1) is 0 Å². The molecule has 0 amide bonds. The van der Waals surface area contributed by atoms with Crippen molar-refractivity contribution in [2.75, 3.05) is 0 Å². The van der Waals surface area contributed by atoms with Gasteiger partial charge in [-0.05, 0) is 275 Å². The number of fused-ring (bicyclic) bond motifs is 10. The first-order valence-corrected chi connectivity index (χ1v) is 39.5. The fraction of sp³-hybridized carbons (Fsp3) is 0.153. The Hall–Kier alpha value is -12.2. The lowest BCUT2D eigenvalue weighted by Gasteiger charge is -2.25. The zero-order valence-electron chi connectivity index (χ0n) is 67.3. The molecule has 0 unspecified atom stereocenters. The topological polar surface area (TPSA) is 0 Å². The molecule has 0 saturated heterocycles. The first-order valence-electron chi connectivity index (χ1n) is 39.5. The van der Waals surface area contributed by atoms with Crippen molar-refractivity contribution in [3.05, 3.63) is 395 Å². The Bertz CT molecular complexity index is 6400. The molecule has 0 aliphatic rings. The molecule has 0 bridgehead atoms. The van der Waals surface area contributed by atoms with Crippen molar-refractivity contribution in [2.24, 2.45) is 0 Å². The Kier molecular flexibility index (Phi) is 20.8. The SMILES string of the molecule is Cc1c2ccccc2c(-c2ccc(C(C)(C)C)cc2)c2ccccc12.Cc1c2ccccc2c(-c2ccccc2)c2ccccc12.Cc1c2ccccc2c(C(C)(C)C)c2ccccc12.Cc1cc(C)c(-c2c3ccccc3c(C)c3ccccc23)c(C)c1.Cc1ccc(-c2c3ccccc3c(C)c3ccccc23)cc1. The maximum atomic E-state index is 2.30. The maximum Gasteiger partial charge on any atom is -0.00213 e. The van der Waals surface area contributed by atoms with E-state index in [4.69, 9.17) is 0 Å². The zero-order valence-corrected chi connectivity index (χ0v) is 67.3. The Morgan fingerprint density at radius 2 is 0.369 bits per heavy atom. The fourth-order valence-electron chi connectivity index (χ4n) is 17.8. The Morgan fingerprint density at radius 3 is 0.622 bits per heavy atom. The van der Waals surface area contributed by atoms with E-state index >= 15 is 0 Å². The van der Waals surface area contributed by atoms with Gasteiger partial charge in [-0.25, -0.2) is 0 Å². The molecule has 19 aromatic carbocycles. The zero-order chi connectivity index (χ0) is 77.4. The number of aryl methyl sites for hydroxylation is 9. The fourth-order valence-corrected chi connectivity index (χ4v) is 17.8. The van der Waals surface area contributed by atoms with E-state index in [9.17, 15) is 0 Å². The van der Waals surface area contributed by atoms with Crippen LogP contribution in [0.2, 0.25) is 0 Å². The highest BCUT2D eigenvalue weighted by molar-refractivity contribution is 6.19. The summed E-state index contributed by atoms with van der Waals surface area (Å²) in [5.41, 5.74) is 26.0. The molecule has 0 aliphatic heterocycles. The average molecular weight is 1430 g/mol. The molecule has 0 aliphatic carbocycles. The molecule has 0 radical (unpaired) electrons. The van der Waals surface area contributed by atoms with Gasteiger partial charge >= 0.3 is 0 Å². The highest BCUT2D eigenvalue weighted by Gasteiger charge is 2.23. The van der Waals surface area contributed by atoms with Crippen molar-refractivity contribution in [1.82, 2.24) is 0 Å². The van der Waals surface area contributed by atoms with Crippen LogP contribution in [0.3, 0.4) is 0 Å². The second kappa shape index (κ2) is 31.0. The van der Waals surface area contributed by atoms with Crippen molar-refractivity contribution in [3.63, 3.8) is 0 Å². The summed E-state index contributed by atoms with van der Waals surface area (Å²) in [5, 5.41) is 27.0. The minimum Gasteiger partial charge on any atom is -0.0622 e. The molecule has 0 saturated carbocycles. The summed E-state index contributed by atoms with van der Waals surface area (Å²) in [6.45, 7) is 33.6. The summed E-state index contributed by atoms with van der Waals surface area (Å²) in [4.78, 5) is 0. The molecule has 0 aromatic heterocycles. The van der Waals surface area contributed by atoms with E-state index in [0.29, 0.717) is 0 Å². The molecule has 0 spiro atoms. The predicted octanol–water partition coefficient (Wildman–Crippen LogP) is 32.0. The van der Waals surface area contributed by atoms with Crippen molar-refractivity contribution in [2.45, 2.75) is 115 Å². The average Bonchev–Trinajstić information content (AvgIpc) is 0.776. The van der Waals surface area contributed by atoms with Crippen molar-refractivity contribution >= 4 is 108 Å². The highest BCUT2D eigenvalue weighted by atomic mass is 14.3. The Morgan fingerprint density at radius 1 is 0.162 bits per heavy atom. The first-order chi connectivity index (χ1) is 53.7. The van der Waals surface area contributed by atoms with E-state index in [-0.39, 0.29) is 10.8 Å². The number of benzene rings is 19. The smallest absolute Gasteiger partial charge is 0.00213 e. The summed E-state index contributed by atoms with van der Waals surface area (Å²) >= 11 is 0. The maximum absolute atomic E-state index is 2.30. The lowest BCUT2D eigenvalue weighted by Crippen LogP contribution is -2.13. The standard InChI is InChI=1S/C25H24.C24H22.C22H18.C21H16.C19H20/c1-17-20-9-5-7-11-22(20)24(23-12-8-6-10-21(17)23)18-13-15-19(16-14-18)25(2,3)4;1-15-13-16(2)23(17(3)14-15)24-21-11-7-5-9-19(21)18(4)20-10-6-8-12-22(20)24;1-15-11-13-17(14-12-15)22-20-9-5-3-7-18(20)16(2)19-8-4-6-10-21(19)22;1-15-17-11-5-7-13-19(17)21(16-9-3-2-4-10-16)20-14-8-6-12-18(15)20;1-13-14-9-5-7-11-16(14)18(19(2,3)4)17-12-8-6-10-15(13)17/h5-16H,1-4H3;5-14H,1-4H3;3-14H,1-2H3;2-14H,1H3;5-12H,1-4H3. The van der Waals surface area contributed by atoms with E-state index in [1.807, 2.05) is 0 Å². The van der Waals surface area contributed by atoms with E-state index in [0.717, 1.165) is 0 Å². The molecular weight excluding hydrogens is 1330 g/mol. The third kappa shape index (κ3) is 14.4.